The van der Waals surface area contributed by atoms with E-state index in [9.17, 15) is 4.79 Å². The molecule has 0 saturated heterocycles. The third-order valence-corrected chi connectivity index (χ3v) is 3.43. The van der Waals surface area contributed by atoms with E-state index in [1.165, 1.54) is 18.2 Å². The molecule has 0 spiro atoms. The summed E-state index contributed by atoms with van der Waals surface area (Å²) in [5, 5.41) is 9.59. The number of carbonyl (C=O) groups is 1. The summed E-state index contributed by atoms with van der Waals surface area (Å²) >= 11 is 5.89. The van der Waals surface area contributed by atoms with Gasteiger partial charge in [-0.3, -0.25) is 0 Å². The summed E-state index contributed by atoms with van der Waals surface area (Å²) in [5.74, 6) is -0.745. The summed E-state index contributed by atoms with van der Waals surface area (Å²) in [6.07, 6.45) is 0. The zero-order chi connectivity index (χ0) is 14.7. The topological polar surface area (TPSA) is 46.5 Å². The zero-order valence-electron chi connectivity index (χ0n) is 11.3. The Balaban J connectivity index is 2.27. The Morgan fingerprint density at radius 3 is 2.45 bits per heavy atom. The molecule has 0 amide bonds. The van der Waals surface area contributed by atoms with E-state index in [0.29, 0.717) is 11.6 Å². The number of hydrogen-bond donors (Lipinski definition) is 1. The number of halogens is 1. The maximum atomic E-state index is 11.2. The summed E-state index contributed by atoms with van der Waals surface area (Å²) in [6.45, 7) is 4.32. The number of carboxylic acids is 1. The van der Waals surface area contributed by atoms with Crippen LogP contribution in [0.2, 0.25) is 5.02 Å². The molecule has 2 aromatic carbocycles. The number of aromatic carboxylic acids is 1. The summed E-state index contributed by atoms with van der Waals surface area (Å²) in [5.41, 5.74) is 3.40. The van der Waals surface area contributed by atoms with Crippen LogP contribution >= 0.6 is 11.6 Å². The van der Waals surface area contributed by atoms with Crippen molar-refractivity contribution in [1.29, 1.82) is 0 Å². The van der Waals surface area contributed by atoms with Gasteiger partial charge in [0.1, 0.15) is 17.9 Å². The molecule has 4 heteroatoms. The van der Waals surface area contributed by atoms with Crippen molar-refractivity contribution in [3.63, 3.8) is 0 Å². The third kappa shape index (κ3) is 3.11. The standard InChI is InChI=1S/C16H15ClO3/c1-10-4-3-5-11(2)14(10)9-20-15-8-12(17)6-7-13(15)16(18)19/h3-8H,9H2,1-2H3,(H,18,19). The van der Waals surface area contributed by atoms with E-state index >= 15 is 0 Å². The Bertz CT molecular complexity index is 630. The van der Waals surface area contributed by atoms with Gasteiger partial charge in [0, 0.05) is 5.02 Å². The van der Waals surface area contributed by atoms with E-state index in [4.69, 9.17) is 21.4 Å². The quantitative estimate of drug-likeness (QED) is 0.916. The summed E-state index contributed by atoms with van der Waals surface area (Å²) in [7, 11) is 0. The molecule has 0 radical (unpaired) electrons. The molecule has 0 aliphatic rings. The lowest BCUT2D eigenvalue weighted by molar-refractivity contribution is 0.0692. The molecule has 0 aliphatic heterocycles. The zero-order valence-corrected chi connectivity index (χ0v) is 12.1. The molecule has 0 unspecified atom stereocenters. The highest BCUT2D eigenvalue weighted by molar-refractivity contribution is 6.30. The molecule has 2 aromatic rings. The monoisotopic (exact) mass is 290 g/mol. The van der Waals surface area contributed by atoms with Gasteiger partial charge in [0.2, 0.25) is 0 Å². The van der Waals surface area contributed by atoms with Gasteiger partial charge in [-0.2, -0.15) is 0 Å². The summed E-state index contributed by atoms with van der Waals surface area (Å²) in [4.78, 5) is 11.2. The van der Waals surface area contributed by atoms with Gasteiger partial charge in [-0.15, -0.1) is 0 Å². The van der Waals surface area contributed by atoms with Gasteiger partial charge in [0.05, 0.1) is 0 Å². The van der Waals surface area contributed by atoms with Gasteiger partial charge >= 0.3 is 5.97 Å². The highest BCUT2D eigenvalue weighted by Gasteiger charge is 2.12. The fourth-order valence-corrected chi connectivity index (χ4v) is 2.18. The van der Waals surface area contributed by atoms with Crippen molar-refractivity contribution in [2.75, 3.05) is 0 Å². The maximum absolute atomic E-state index is 11.2. The van der Waals surface area contributed by atoms with Gasteiger partial charge in [-0.25, -0.2) is 4.79 Å². The number of hydrogen-bond acceptors (Lipinski definition) is 2. The van der Waals surface area contributed by atoms with Crippen LogP contribution in [-0.4, -0.2) is 11.1 Å². The van der Waals surface area contributed by atoms with Gasteiger partial charge in [0.15, 0.2) is 0 Å². The van der Waals surface area contributed by atoms with Gasteiger partial charge < -0.3 is 9.84 Å². The van der Waals surface area contributed by atoms with Crippen LogP contribution in [0, 0.1) is 13.8 Å². The second kappa shape index (κ2) is 5.97. The predicted octanol–water partition coefficient (Wildman–Crippen LogP) is 4.23. The average Bonchev–Trinajstić information content (AvgIpc) is 2.37. The highest BCUT2D eigenvalue weighted by atomic mass is 35.5. The van der Waals surface area contributed by atoms with Crippen LogP contribution in [0.3, 0.4) is 0 Å². The molecular formula is C16H15ClO3. The minimum Gasteiger partial charge on any atom is -0.488 e. The van der Waals surface area contributed by atoms with Gasteiger partial charge in [0.25, 0.3) is 0 Å². The first-order valence-corrected chi connectivity index (χ1v) is 6.57. The largest absolute Gasteiger partial charge is 0.488 e. The van der Waals surface area contributed by atoms with Crippen molar-refractivity contribution < 1.29 is 14.6 Å². The molecule has 2 rings (SSSR count). The Morgan fingerprint density at radius 1 is 1.20 bits per heavy atom. The van der Waals surface area contributed by atoms with Crippen LogP contribution in [0.4, 0.5) is 0 Å². The molecule has 0 fully saturated rings. The molecule has 104 valence electrons. The number of benzene rings is 2. The van der Waals surface area contributed by atoms with Crippen molar-refractivity contribution >= 4 is 17.6 Å². The minimum absolute atomic E-state index is 0.112. The molecule has 0 aromatic heterocycles. The van der Waals surface area contributed by atoms with Crippen LogP contribution in [0.5, 0.6) is 5.75 Å². The van der Waals surface area contributed by atoms with E-state index in [0.717, 1.165) is 16.7 Å². The van der Waals surface area contributed by atoms with Crippen molar-refractivity contribution in [3.8, 4) is 5.75 Å². The molecule has 0 bridgehead atoms. The van der Waals surface area contributed by atoms with Crippen molar-refractivity contribution in [1.82, 2.24) is 0 Å². The summed E-state index contributed by atoms with van der Waals surface area (Å²) in [6, 6.07) is 10.5. The van der Waals surface area contributed by atoms with E-state index < -0.39 is 5.97 Å². The number of rotatable bonds is 4. The Morgan fingerprint density at radius 2 is 1.85 bits per heavy atom. The normalized spacial score (nSPS) is 10.3. The first kappa shape index (κ1) is 14.4. The van der Waals surface area contributed by atoms with Crippen LogP contribution in [0.15, 0.2) is 36.4 Å². The van der Waals surface area contributed by atoms with Crippen LogP contribution in [-0.2, 0) is 6.61 Å². The first-order valence-electron chi connectivity index (χ1n) is 6.20. The average molecular weight is 291 g/mol. The van der Waals surface area contributed by atoms with E-state index in [1.54, 1.807) is 0 Å². The molecule has 3 nitrogen and oxygen atoms in total. The molecule has 1 N–H and O–H groups in total. The molecule has 0 aliphatic carbocycles. The molecular weight excluding hydrogens is 276 g/mol. The highest BCUT2D eigenvalue weighted by Crippen LogP contribution is 2.25. The van der Waals surface area contributed by atoms with Crippen molar-refractivity contribution in [3.05, 3.63) is 63.7 Å². The lowest BCUT2D eigenvalue weighted by atomic mass is 10.0. The second-order valence-corrected chi connectivity index (χ2v) is 5.04. The van der Waals surface area contributed by atoms with E-state index in [1.807, 2.05) is 32.0 Å². The second-order valence-electron chi connectivity index (χ2n) is 4.60. The fourth-order valence-electron chi connectivity index (χ4n) is 2.02. The van der Waals surface area contributed by atoms with Crippen LogP contribution in [0.25, 0.3) is 0 Å². The first-order chi connectivity index (χ1) is 9.49. The van der Waals surface area contributed by atoms with Gasteiger partial charge in [-0.1, -0.05) is 29.8 Å². The lowest BCUT2D eigenvalue weighted by Gasteiger charge is -2.13. The maximum Gasteiger partial charge on any atom is 0.339 e. The molecule has 0 heterocycles. The number of ether oxygens (including phenoxy) is 1. The fraction of sp³-hybridized carbons (Fsp3) is 0.188. The van der Waals surface area contributed by atoms with Crippen molar-refractivity contribution in [2.24, 2.45) is 0 Å². The van der Waals surface area contributed by atoms with Gasteiger partial charge in [-0.05, 0) is 48.7 Å². The van der Waals surface area contributed by atoms with Crippen LogP contribution < -0.4 is 4.74 Å². The van der Waals surface area contributed by atoms with E-state index in [-0.39, 0.29) is 11.3 Å². The molecule has 20 heavy (non-hydrogen) atoms. The SMILES string of the molecule is Cc1cccc(C)c1COc1cc(Cl)ccc1C(=O)O. The molecule has 0 atom stereocenters. The Labute approximate surface area is 122 Å². The number of aryl methyl sites for hydroxylation is 2. The smallest absolute Gasteiger partial charge is 0.339 e. The third-order valence-electron chi connectivity index (χ3n) is 3.19. The lowest BCUT2D eigenvalue weighted by Crippen LogP contribution is -2.05. The Hall–Kier alpha value is -2.00. The van der Waals surface area contributed by atoms with Crippen molar-refractivity contribution in [2.45, 2.75) is 20.5 Å². The number of carboxylic acid groups (broad SMARTS) is 1. The van der Waals surface area contributed by atoms with Crippen LogP contribution in [0.1, 0.15) is 27.0 Å². The minimum atomic E-state index is -1.03. The predicted molar refractivity (Wildman–Crippen MR) is 78.7 cm³/mol. The Kier molecular flexibility index (Phi) is 4.30. The van der Waals surface area contributed by atoms with E-state index in [2.05, 4.69) is 0 Å². The molecule has 0 saturated carbocycles. The summed E-state index contributed by atoms with van der Waals surface area (Å²) < 4.78 is 5.66.